The van der Waals surface area contributed by atoms with Crippen molar-refractivity contribution in [3.63, 3.8) is 0 Å². The summed E-state index contributed by atoms with van der Waals surface area (Å²) in [4.78, 5) is 27.2. The second kappa shape index (κ2) is 6.46. The second-order valence-corrected chi connectivity index (χ2v) is 4.06. The zero-order valence-electron chi connectivity index (χ0n) is 10.9. The van der Waals surface area contributed by atoms with Crippen LogP contribution in [0.25, 0.3) is 0 Å². The first kappa shape index (κ1) is 13.7. The monoisotopic (exact) mass is 274 g/mol. The highest BCUT2D eigenvalue weighted by Crippen LogP contribution is 1.97. The Hall–Kier alpha value is -2.70. The van der Waals surface area contributed by atoms with E-state index in [0.29, 0.717) is 17.3 Å². The van der Waals surface area contributed by atoms with E-state index in [0.717, 1.165) is 0 Å². The predicted octanol–water partition coefficient (Wildman–Crippen LogP) is 0.424. The fourth-order valence-electron chi connectivity index (χ4n) is 1.50. The Morgan fingerprint density at radius 3 is 2.60 bits per heavy atom. The molecule has 0 aliphatic carbocycles. The second-order valence-electron chi connectivity index (χ2n) is 4.06. The minimum atomic E-state index is -0.329. The van der Waals surface area contributed by atoms with Crippen LogP contribution in [-0.4, -0.2) is 28.5 Å². The summed E-state index contributed by atoms with van der Waals surface area (Å²) in [6.07, 6.45) is 0. The Bertz CT molecular complexity index is 595. The van der Waals surface area contributed by atoms with Crippen LogP contribution in [0.4, 0.5) is 0 Å². The van der Waals surface area contributed by atoms with Crippen molar-refractivity contribution >= 4 is 11.8 Å². The van der Waals surface area contributed by atoms with Crippen molar-refractivity contribution in [2.24, 2.45) is 0 Å². The number of nitrogens with one attached hydrogen (secondary N) is 2. The Labute approximate surface area is 115 Å². The quantitative estimate of drug-likeness (QED) is 0.823. The molecule has 2 N–H and O–H groups in total. The number of carbonyl (C=O) groups excluding carboxylic acids is 2. The van der Waals surface area contributed by atoms with E-state index in [4.69, 9.17) is 4.52 Å². The number of nitrogens with zero attached hydrogens (tertiary/aromatic N) is 2. The van der Waals surface area contributed by atoms with Crippen LogP contribution in [0.15, 0.2) is 34.9 Å². The number of carbonyl (C=O) groups is 2. The van der Waals surface area contributed by atoms with E-state index in [-0.39, 0.29) is 24.9 Å². The number of aromatic nitrogens is 2. The van der Waals surface area contributed by atoms with Gasteiger partial charge in [0.15, 0.2) is 5.82 Å². The van der Waals surface area contributed by atoms with E-state index in [2.05, 4.69) is 20.8 Å². The minimum absolute atomic E-state index is 0.110. The third-order valence-corrected chi connectivity index (χ3v) is 2.45. The molecule has 0 bridgehead atoms. The van der Waals surface area contributed by atoms with Crippen LogP contribution in [0.3, 0.4) is 0 Å². The lowest BCUT2D eigenvalue weighted by molar-refractivity contribution is -0.120. The molecular weight excluding hydrogens is 260 g/mol. The highest BCUT2D eigenvalue weighted by molar-refractivity contribution is 5.96. The molecule has 0 radical (unpaired) electrons. The van der Waals surface area contributed by atoms with Gasteiger partial charge in [-0.2, -0.15) is 4.98 Å². The van der Waals surface area contributed by atoms with E-state index < -0.39 is 0 Å². The van der Waals surface area contributed by atoms with Gasteiger partial charge in [-0.1, -0.05) is 23.4 Å². The van der Waals surface area contributed by atoms with Gasteiger partial charge in [-0.25, -0.2) is 0 Å². The maximum Gasteiger partial charge on any atom is 0.251 e. The van der Waals surface area contributed by atoms with E-state index >= 15 is 0 Å². The molecule has 0 saturated carbocycles. The van der Waals surface area contributed by atoms with Crippen molar-refractivity contribution in [1.82, 2.24) is 20.8 Å². The normalized spacial score (nSPS) is 10.1. The zero-order chi connectivity index (χ0) is 14.4. The largest absolute Gasteiger partial charge is 0.345 e. The molecule has 104 valence electrons. The molecule has 2 aromatic rings. The molecule has 0 unspecified atom stereocenters. The van der Waals surface area contributed by atoms with Crippen LogP contribution < -0.4 is 10.6 Å². The number of hydrogen-bond acceptors (Lipinski definition) is 5. The number of rotatable bonds is 5. The SMILES string of the molecule is Cc1noc(CNC(=O)CNC(=O)c2ccccc2)n1. The fourth-order valence-corrected chi connectivity index (χ4v) is 1.50. The summed E-state index contributed by atoms with van der Waals surface area (Å²) >= 11 is 0. The lowest BCUT2D eigenvalue weighted by atomic mass is 10.2. The van der Waals surface area contributed by atoms with Gasteiger partial charge >= 0.3 is 0 Å². The van der Waals surface area contributed by atoms with Crippen molar-refractivity contribution < 1.29 is 14.1 Å². The van der Waals surface area contributed by atoms with E-state index in [1.807, 2.05) is 6.07 Å². The van der Waals surface area contributed by atoms with Gasteiger partial charge in [-0.3, -0.25) is 9.59 Å². The average Bonchev–Trinajstić information content (AvgIpc) is 2.89. The third kappa shape index (κ3) is 3.91. The summed E-state index contributed by atoms with van der Waals surface area (Å²) in [5.41, 5.74) is 0.507. The van der Waals surface area contributed by atoms with Gasteiger partial charge in [0.05, 0.1) is 13.1 Å². The topological polar surface area (TPSA) is 97.1 Å². The number of hydrogen-bond donors (Lipinski definition) is 2. The summed E-state index contributed by atoms with van der Waals surface area (Å²) in [6.45, 7) is 1.72. The van der Waals surface area contributed by atoms with Crippen molar-refractivity contribution in [3.8, 4) is 0 Å². The molecule has 0 saturated heterocycles. The van der Waals surface area contributed by atoms with Crippen molar-refractivity contribution in [2.75, 3.05) is 6.54 Å². The molecule has 0 aliphatic rings. The molecule has 20 heavy (non-hydrogen) atoms. The van der Waals surface area contributed by atoms with Crippen LogP contribution in [0, 0.1) is 6.92 Å². The highest BCUT2D eigenvalue weighted by Gasteiger charge is 2.08. The molecule has 1 heterocycles. The molecule has 1 aromatic carbocycles. The molecular formula is C13H14N4O3. The van der Waals surface area contributed by atoms with Crippen LogP contribution in [0.1, 0.15) is 22.1 Å². The maximum atomic E-state index is 11.7. The summed E-state index contributed by atoms with van der Waals surface area (Å²) in [5, 5.41) is 8.69. The van der Waals surface area contributed by atoms with Gasteiger partial charge in [0.2, 0.25) is 11.8 Å². The number of amides is 2. The van der Waals surface area contributed by atoms with E-state index in [1.165, 1.54) is 0 Å². The van der Waals surface area contributed by atoms with E-state index in [9.17, 15) is 9.59 Å². The van der Waals surface area contributed by atoms with Gasteiger partial charge in [-0.15, -0.1) is 0 Å². The molecule has 2 rings (SSSR count). The summed E-state index contributed by atoms with van der Waals surface area (Å²) in [6, 6.07) is 8.68. The Balaban J connectivity index is 1.74. The van der Waals surface area contributed by atoms with Crippen LogP contribution in [0.5, 0.6) is 0 Å². The van der Waals surface area contributed by atoms with Crippen LogP contribution in [-0.2, 0) is 11.3 Å². The lowest BCUT2D eigenvalue weighted by Gasteiger charge is -2.05. The molecule has 0 fully saturated rings. The first-order valence-corrected chi connectivity index (χ1v) is 6.04. The number of benzene rings is 1. The summed E-state index contributed by atoms with van der Waals surface area (Å²) in [5.74, 6) is 0.205. The maximum absolute atomic E-state index is 11.7. The summed E-state index contributed by atoms with van der Waals surface area (Å²) < 4.78 is 4.85. The first-order chi connectivity index (χ1) is 9.65. The summed E-state index contributed by atoms with van der Waals surface area (Å²) in [7, 11) is 0. The standard InChI is InChI=1S/C13H14N4O3/c1-9-16-12(20-17-9)8-14-11(18)7-15-13(19)10-5-3-2-4-6-10/h2-6H,7-8H2,1H3,(H,14,18)(H,15,19). The van der Waals surface area contributed by atoms with E-state index in [1.54, 1.807) is 31.2 Å². The Morgan fingerprint density at radius 1 is 1.20 bits per heavy atom. The lowest BCUT2D eigenvalue weighted by Crippen LogP contribution is -2.36. The smallest absolute Gasteiger partial charge is 0.251 e. The van der Waals surface area contributed by atoms with Gasteiger partial charge in [0.1, 0.15) is 0 Å². The zero-order valence-corrected chi connectivity index (χ0v) is 10.9. The molecule has 0 spiro atoms. The predicted molar refractivity (Wildman–Crippen MR) is 69.7 cm³/mol. The average molecular weight is 274 g/mol. The van der Waals surface area contributed by atoms with Gasteiger partial charge < -0.3 is 15.2 Å². The molecule has 0 atom stereocenters. The Kier molecular flexibility index (Phi) is 4.43. The minimum Gasteiger partial charge on any atom is -0.345 e. The molecule has 2 amide bonds. The van der Waals surface area contributed by atoms with Gasteiger partial charge in [0, 0.05) is 5.56 Å². The van der Waals surface area contributed by atoms with Gasteiger partial charge in [-0.05, 0) is 19.1 Å². The third-order valence-electron chi connectivity index (χ3n) is 2.45. The number of aryl methyl sites for hydroxylation is 1. The van der Waals surface area contributed by atoms with Crippen LogP contribution >= 0.6 is 0 Å². The fraction of sp³-hybridized carbons (Fsp3) is 0.231. The molecule has 1 aromatic heterocycles. The van der Waals surface area contributed by atoms with Crippen molar-refractivity contribution in [3.05, 3.63) is 47.6 Å². The molecule has 7 nitrogen and oxygen atoms in total. The molecule has 0 aliphatic heterocycles. The Morgan fingerprint density at radius 2 is 1.95 bits per heavy atom. The van der Waals surface area contributed by atoms with Crippen LogP contribution in [0.2, 0.25) is 0 Å². The highest BCUT2D eigenvalue weighted by atomic mass is 16.5. The molecule has 7 heteroatoms. The van der Waals surface area contributed by atoms with Gasteiger partial charge in [0.25, 0.3) is 5.91 Å². The first-order valence-electron chi connectivity index (χ1n) is 6.04. The van der Waals surface area contributed by atoms with Crippen molar-refractivity contribution in [2.45, 2.75) is 13.5 Å². The van der Waals surface area contributed by atoms with Crippen molar-refractivity contribution in [1.29, 1.82) is 0 Å².